The predicted octanol–water partition coefficient (Wildman–Crippen LogP) is 5.25. The molecule has 24 heavy (non-hydrogen) atoms. The lowest BCUT2D eigenvalue weighted by molar-refractivity contribution is 1.23. The molecule has 0 spiro atoms. The Morgan fingerprint density at radius 3 is 2.58 bits per heavy atom. The summed E-state index contributed by atoms with van der Waals surface area (Å²) >= 11 is 0. The van der Waals surface area contributed by atoms with Gasteiger partial charge in [0, 0.05) is 22.7 Å². The van der Waals surface area contributed by atoms with Crippen LogP contribution < -0.4 is 0 Å². The van der Waals surface area contributed by atoms with Crippen LogP contribution in [0.2, 0.25) is 0 Å². The quantitative estimate of drug-likeness (QED) is 0.408. The monoisotopic (exact) mass is 309 g/mol. The number of imidazole rings is 1. The minimum Gasteiger partial charge on any atom is -0.310 e. The van der Waals surface area contributed by atoms with Gasteiger partial charge in [0.05, 0.1) is 22.1 Å². The third kappa shape index (κ3) is 1.53. The second-order valence-electron chi connectivity index (χ2n) is 5.92. The van der Waals surface area contributed by atoms with Gasteiger partial charge in [-0.15, -0.1) is 0 Å². The largest absolute Gasteiger partial charge is 0.310 e. The molecule has 3 heterocycles. The van der Waals surface area contributed by atoms with Gasteiger partial charge in [-0.05, 0) is 36.4 Å². The highest BCUT2D eigenvalue weighted by Gasteiger charge is 2.16. The Morgan fingerprint density at radius 2 is 1.71 bits per heavy atom. The second kappa shape index (κ2) is 4.59. The molecule has 0 amide bonds. The summed E-state index contributed by atoms with van der Waals surface area (Å²) in [5.41, 5.74) is 6.19. The maximum absolute atomic E-state index is 4.89. The summed E-state index contributed by atoms with van der Waals surface area (Å²) in [4.78, 5) is 4.89. The Balaban J connectivity index is 2.10. The van der Waals surface area contributed by atoms with E-state index in [1.807, 2.05) is 18.2 Å². The molecule has 0 N–H and O–H groups in total. The molecule has 0 aliphatic rings. The van der Waals surface area contributed by atoms with Crippen molar-refractivity contribution >= 4 is 44.2 Å². The molecule has 3 nitrogen and oxygen atoms in total. The second-order valence-corrected chi connectivity index (χ2v) is 5.92. The molecule has 0 fully saturated rings. The summed E-state index contributed by atoms with van der Waals surface area (Å²) in [6.07, 6.45) is 3.85. The molecule has 5 rings (SSSR count). The zero-order valence-corrected chi connectivity index (χ0v) is 13.1. The average Bonchev–Trinajstić information content (AvgIpc) is 3.16. The van der Waals surface area contributed by atoms with Crippen LogP contribution in [0, 0.1) is 0 Å². The molecule has 2 aromatic carbocycles. The molecule has 114 valence electrons. The minimum absolute atomic E-state index is 0.865. The average molecular weight is 309 g/mol. The highest BCUT2D eigenvalue weighted by Crippen LogP contribution is 2.36. The van der Waals surface area contributed by atoms with Gasteiger partial charge in [-0.3, -0.25) is 4.40 Å². The first-order valence-corrected chi connectivity index (χ1v) is 7.90. The van der Waals surface area contributed by atoms with Crippen LogP contribution in [-0.4, -0.2) is 14.0 Å². The summed E-state index contributed by atoms with van der Waals surface area (Å²) < 4.78 is 4.28. The Morgan fingerprint density at radius 1 is 0.917 bits per heavy atom. The number of nitrogens with zero attached hydrogens (tertiary/aromatic N) is 3. The molecule has 0 atom stereocenters. The van der Waals surface area contributed by atoms with Gasteiger partial charge in [0.15, 0.2) is 0 Å². The fourth-order valence-corrected chi connectivity index (χ4v) is 3.58. The summed E-state index contributed by atoms with van der Waals surface area (Å²) in [6, 6.07) is 18.7. The topological polar surface area (TPSA) is 22.2 Å². The van der Waals surface area contributed by atoms with Crippen molar-refractivity contribution in [3.63, 3.8) is 0 Å². The Bertz CT molecular complexity index is 1280. The van der Waals surface area contributed by atoms with Crippen molar-refractivity contribution in [1.82, 2.24) is 14.0 Å². The first-order chi connectivity index (χ1) is 11.8. The van der Waals surface area contributed by atoms with Gasteiger partial charge in [-0.25, -0.2) is 4.98 Å². The number of rotatable bonds is 2. The van der Waals surface area contributed by atoms with Crippen molar-refractivity contribution in [2.24, 2.45) is 0 Å². The van der Waals surface area contributed by atoms with Crippen LogP contribution in [-0.2, 0) is 0 Å². The fourth-order valence-electron chi connectivity index (χ4n) is 3.58. The standard InChI is InChI=1S/C21H15N3/c1-3-14(2)24-16-9-5-4-8-15(16)20-17(24)11-12-18-21(20)22-19-10-6-7-13-23(18)19/h3-13H,1-2H2. The summed E-state index contributed by atoms with van der Waals surface area (Å²) in [6.45, 7) is 8.05. The molecule has 3 heteroatoms. The lowest BCUT2D eigenvalue weighted by Crippen LogP contribution is -1.92. The highest BCUT2D eigenvalue weighted by molar-refractivity contribution is 6.20. The van der Waals surface area contributed by atoms with Crippen molar-refractivity contribution in [2.75, 3.05) is 0 Å². The van der Waals surface area contributed by atoms with Gasteiger partial charge in [0.25, 0.3) is 0 Å². The van der Waals surface area contributed by atoms with E-state index in [2.05, 4.69) is 64.7 Å². The van der Waals surface area contributed by atoms with Crippen molar-refractivity contribution in [1.29, 1.82) is 0 Å². The van der Waals surface area contributed by atoms with Crippen molar-refractivity contribution in [3.8, 4) is 0 Å². The van der Waals surface area contributed by atoms with Gasteiger partial charge < -0.3 is 4.57 Å². The summed E-state index contributed by atoms with van der Waals surface area (Å²) in [7, 11) is 0. The minimum atomic E-state index is 0.865. The smallest absolute Gasteiger partial charge is 0.137 e. The van der Waals surface area contributed by atoms with Crippen LogP contribution in [0.5, 0.6) is 0 Å². The van der Waals surface area contributed by atoms with Crippen LogP contribution in [0.25, 0.3) is 44.2 Å². The molecular formula is C21H15N3. The Kier molecular flexibility index (Phi) is 2.51. The molecule has 0 aliphatic carbocycles. The Labute approximate surface area is 138 Å². The van der Waals surface area contributed by atoms with Crippen molar-refractivity contribution in [2.45, 2.75) is 0 Å². The molecule has 0 bridgehead atoms. The molecule has 3 aromatic heterocycles. The van der Waals surface area contributed by atoms with E-state index < -0.39 is 0 Å². The van der Waals surface area contributed by atoms with E-state index in [4.69, 9.17) is 4.98 Å². The zero-order valence-electron chi connectivity index (χ0n) is 13.1. The number of benzene rings is 2. The molecule has 0 radical (unpaired) electrons. The van der Waals surface area contributed by atoms with Gasteiger partial charge in [0.2, 0.25) is 0 Å². The van der Waals surface area contributed by atoms with Crippen LogP contribution in [0.3, 0.4) is 0 Å². The van der Waals surface area contributed by atoms with E-state index >= 15 is 0 Å². The SMILES string of the molecule is C=CC(=C)n1c2ccccc2c2c3nc4ccccn4c3ccc21. The summed E-state index contributed by atoms with van der Waals surface area (Å²) in [5.74, 6) is 0. The van der Waals surface area contributed by atoms with Crippen molar-refractivity contribution < 1.29 is 0 Å². The molecule has 0 saturated carbocycles. The van der Waals surface area contributed by atoms with Gasteiger partial charge >= 0.3 is 0 Å². The first kappa shape index (κ1) is 13.1. The normalized spacial score (nSPS) is 11.7. The molecule has 0 saturated heterocycles. The maximum Gasteiger partial charge on any atom is 0.137 e. The van der Waals surface area contributed by atoms with Gasteiger partial charge in [-0.1, -0.05) is 37.4 Å². The van der Waals surface area contributed by atoms with Crippen molar-refractivity contribution in [3.05, 3.63) is 80.0 Å². The van der Waals surface area contributed by atoms with Crippen LogP contribution >= 0.6 is 0 Å². The number of hydrogen-bond donors (Lipinski definition) is 0. The van der Waals surface area contributed by atoms with E-state index in [0.717, 1.165) is 38.8 Å². The zero-order chi connectivity index (χ0) is 16.3. The maximum atomic E-state index is 4.89. The van der Waals surface area contributed by atoms with E-state index in [9.17, 15) is 0 Å². The lowest BCUT2D eigenvalue weighted by Gasteiger charge is -2.06. The summed E-state index contributed by atoms with van der Waals surface area (Å²) in [5, 5.41) is 2.35. The van der Waals surface area contributed by atoms with Gasteiger partial charge in [-0.2, -0.15) is 0 Å². The van der Waals surface area contributed by atoms with E-state index in [-0.39, 0.29) is 0 Å². The molecule has 5 aromatic rings. The molecule has 0 aliphatic heterocycles. The Hall–Kier alpha value is -3.33. The number of hydrogen-bond acceptors (Lipinski definition) is 1. The highest BCUT2D eigenvalue weighted by atomic mass is 15.0. The third-order valence-corrected chi connectivity index (χ3v) is 4.64. The van der Waals surface area contributed by atoms with Gasteiger partial charge in [0.1, 0.15) is 5.65 Å². The van der Waals surface area contributed by atoms with E-state index in [0.29, 0.717) is 0 Å². The number of para-hydroxylation sites is 1. The third-order valence-electron chi connectivity index (χ3n) is 4.64. The number of allylic oxidation sites excluding steroid dienone is 2. The molecular weight excluding hydrogens is 294 g/mol. The number of pyridine rings is 1. The molecule has 0 unspecified atom stereocenters. The number of fused-ring (bicyclic) bond motifs is 7. The van der Waals surface area contributed by atoms with E-state index in [1.165, 1.54) is 5.39 Å². The predicted molar refractivity (Wildman–Crippen MR) is 101 cm³/mol. The van der Waals surface area contributed by atoms with E-state index in [1.54, 1.807) is 6.08 Å². The first-order valence-electron chi connectivity index (χ1n) is 7.90. The van der Waals surface area contributed by atoms with Crippen LogP contribution in [0.1, 0.15) is 0 Å². The van der Waals surface area contributed by atoms with Crippen LogP contribution in [0.15, 0.2) is 80.0 Å². The lowest BCUT2D eigenvalue weighted by atomic mass is 10.1. The number of aromatic nitrogens is 3. The van der Waals surface area contributed by atoms with Crippen LogP contribution in [0.4, 0.5) is 0 Å². The fraction of sp³-hybridized carbons (Fsp3) is 0.